The minimum atomic E-state index is -0.511. The van der Waals surface area contributed by atoms with Crippen molar-refractivity contribution in [3.05, 3.63) is 23.9 Å². The summed E-state index contributed by atoms with van der Waals surface area (Å²) in [6.07, 6.45) is 4.84. The Labute approximate surface area is 140 Å². The fraction of sp³-hybridized carbons (Fsp3) is 0.684. The molecule has 1 aliphatic rings. The first-order valence-electron chi connectivity index (χ1n) is 8.64. The fourth-order valence-corrected chi connectivity index (χ4v) is 3.28. The van der Waals surface area contributed by atoms with E-state index in [4.69, 9.17) is 4.74 Å². The molecule has 1 heterocycles. The predicted octanol–water partition coefficient (Wildman–Crippen LogP) is 4.96. The Morgan fingerprint density at radius 3 is 2.61 bits per heavy atom. The summed E-state index contributed by atoms with van der Waals surface area (Å²) in [5.41, 5.74) is 0.586. The maximum absolute atomic E-state index is 12.9. The minimum absolute atomic E-state index is 0.142. The van der Waals surface area contributed by atoms with Crippen molar-refractivity contribution in [3.63, 3.8) is 0 Å². The molecule has 0 aliphatic heterocycles. The van der Waals surface area contributed by atoms with E-state index in [1.165, 1.54) is 6.42 Å². The zero-order valence-electron chi connectivity index (χ0n) is 15.3. The highest BCUT2D eigenvalue weighted by Crippen LogP contribution is 2.35. The van der Waals surface area contributed by atoms with Gasteiger partial charge in [0.15, 0.2) is 0 Å². The molecule has 0 spiro atoms. The summed E-state index contributed by atoms with van der Waals surface area (Å²) < 4.78 is 5.68. The number of nitrogens with zero attached hydrogens (tertiary/aromatic N) is 2. The first kappa shape index (κ1) is 17.8. The Balaban J connectivity index is 2.36. The summed E-state index contributed by atoms with van der Waals surface area (Å²) in [7, 11) is 0. The summed E-state index contributed by atoms with van der Waals surface area (Å²) in [4.78, 5) is 19.1. The number of carbonyl (C=O) groups excluding carboxylic acids is 1. The Morgan fingerprint density at radius 2 is 2.00 bits per heavy atom. The summed E-state index contributed by atoms with van der Waals surface area (Å²) in [6, 6.07) is 4.06. The van der Waals surface area contributed by atoms with Gasteiger partial charge < -0.3 is 4.74 Å². The van der Waals surface area contributed by atoms with Gasteiger partial charge in [-0.1, -0.05) is 26.7 Å². The van der Waals surface area contributed by atoms with E-state index in [-0.39, 0.29) is 12.1 Å². The molecular formula is C19H30N2O2. The molecule has 0 N–H and O–H groups in total. The molecule has 1 aromatic rings. The molecule has 0 unspecified atom stereocenters. The predicted molar refractivity (Wildman–Crippen MR) is 93.7 cm³/mol. The van der Waals surface area contributed by atoms with E-state index in [1.807, 2.05) is 39.8 Å². The van der Waals surface area contributed by atoms with E-state index in [0.29, 0.717) is 17.7 Å². The topological polar surface area (TPSA) is 42.4 Å². The van der Waals surface area contributed by atoms with Crippen LogP contribution >= 0.6 is 0 Å². The van der Waals surface area contributed by atoms with Crippen LogP contribution in [-0.2, 0) is 4.74 Å². The lowest BCUT2D eigenvalue weighted by Crippen LogP contribution is -2.49. The van der Waals surface area contributed by atoms with E-state index in [1.54, 1.807) is 11.1 Å². The van der Waals surface area contributed by atoms with E-state index < -0.39 is 5.60 Å². The van der Waals surface area contributed by atoms with E-state index in [9.17, 15) is 4.79 Å². The Hall–Kier alpha value is -1.58. The number of rotatable bonds is 2. The third kappa shape index (κ3) is 4.46. The summed E-state index contributed by atoms with van der Waals surface area (Å²) >= 11 is 0. The van der Waals surface area contributed by atoms with Crippen molar-refractivity contribution in [1.29, 1.82) is 0 Å². The van der Waals surface area contributed by atoms with Crippen LogP contribution in [0.4, 0.5) is 10.6 Å². The normalized spacial score (nSPS) is 25.0. The number of carbonyl (C=O) groups is 1. The Kier molecular flexibility index (Phi) is 5.33. The first-order chi connectivity index (χ1) is 10.7. The second-order valence-electron chi connectivity index (χ2n) is 7.88. The number of aromatic nitrogens is 1. The Morgan fingerprint density at radius 1 is 1.30 bits per heavy atom. The van der Waals surface area contributed by atoms with E-state index in [0.717, 1.165) is 18.4 Å². The minimum Gasteiger partial charge on any atom is -0.443 e. The largest absolute Gasteiger partial charge is 0.443 e. The van der Waals surface area contributed by atoms with Gasteiger partial charge in [0.25, 0.3) is 0 Å². The molecule has 23 heavy (non-hydrogen) atoms. The van der Waals surface area contributed by atoms with Crippen molar-refractivity contribution >= 4 is 11.9 Å². The number of hydrogen-bond donors (Lipinski definition) is 0. The fourth-order valence-electron chi connectivity index (χ4n) is 3.28. The smallest absolute Gasteiger partial charge is 0.416 e. The zero-order valence-corrected chi connectivity index (χ0v) is 15.3. The highest BCUT2D eigenvalue weighted by atomic mass is 16.6. The van der Waals surface area contributed by atoms with Crippen LogP contribution in [0.2, 0.25) is 0 Å². The third-order valence-electron chi connectivity index (χ3n) is 4.73. The van der Waals surface area contributed by atoms with Gasteiger partial charge in [-0.3, -0.25) is 4.90 Å². The van der Waals surface area contributed by atoms with Gasteiger partial charge in [0, 0.05) is 12.2 Å². The standard InChI is InChI=1S/C19H30N2O2/c1-13-10-11-20-17(12-13)21(18(22)23-19(4,5)6)16-9-7-8-14(2)15(16)3/h10-12,14-16H,7-9H2,1-6H3/t14-,15+,16+/m0/s1. The molecule has 1 saturated carbocycles. The molecule has 0 aromatic carbocycles. The van der Waals surface area contributed by atoms with Gasteiger partial charge in [0.1, 0.15) is 11.4 Å². The van der Waals surface area contributed by atoms with Crippen LogP contribution < -0.4 is 4.90 Å². The second-order valence-corrected chi connectivity index (χ2v) is 7.88. The molecule has 3 atom stereocenters. The van der Waals surface area contributed by atoms with E-state index >= 15 is 0 Å². The van der Waals surface area contributed by atoms with Gasteiger partial charge in [-0.25, -0.2) is 9.78 Å². The van der Waals surface area contributed by atoms with Crippen LogP contribution in [-0.4, -0.2) is 22.7 Å². The highest BCUT2D eigenvalue weighted by Gasteiger charge is 2.37. The van der Waals surface area contributed by atoms with Crippen LogP contribution in [0, 0.1) is 18.8 Å². The van der Waals surface area contributed by atoms with Crippen LogP contribution in [0.1, 0.15) is 59.4 Å². The molecule has 1 fully saturated rings. The molecular weight excluding hydrogens is 288 g/mol. The second kappa shape index (κ2) is 6.90. The molecule has 4 nitrogen and oxygen atoms in total. The van der Waals surface area contributed by atoms with Crippen molar-refractivity contribution in [2.45, 2.75) is 72.4 Å². The lowest BCUT2D eigenvalue weighted by Gasteiger charge is -2.41. The number of ether oxygens (including phenoxy) is 1. The van der Waals surface area contributed by atoms with Crippen molar-refractivity contribution < 1.29 is 9.53 Å². The zero-order chi connectivity index (χ0) is 17.2. The van der Waals surface area contributed by atoms with Crippen LogP contribution in [0.5, 0.6) is 0 Å². The van der Waals surface area contributed by atoms with Crippen molar-refractivity contribution in [2.24, 2.45) is 11.8 Å². The van der Waals surface area contributed by atoms with Gasteiger partial charge in [0.05, 0.1) is 0 Å². The summed E-state index contributed by atoms with van der Waals surface area (Å²) in [5, 5.41) is 0. The quantitative estimate of drug-likeness (QED) is 0.774. The summed E-state index contributed by atoms with van der Waals surface area (Å²) in [6.45, 7) is 12.2. The first-order valence-corrected chi connectivity index (χ1v) is 8.64. The lowest BCUT2D eigenvalue weighted by molar-refractivity contribution is 0.0532. The average molecular weight is 318 g/mol. The van der Waals surface area contributed by atoms with E-state index in [2.05, 4.69) is 18.8 Å². The molecule has 2 rings (SSSR count). The maximum Gasteiger partial charge on any atom is 0.416 e. The monoisotopic (exact) mass is 318 g/mol. The van der Waals surface area contributed by atoms with Crippen LogP contribution in [0.25, 0.3) is 0 Å². The van der Waals surface area contributed by atoms with Crippen LogP contribution in [0.3, 0.4) is 0 Å². The highest BCUT2D eigenvalue weighted by molar-refractivity contribution is 5.87. The molecule has 0 radical (unpaired) electrons. The van der Waals surface area contributed by atoms with Gasteiger partial charge in [-0.2, -0.15) is 0 Å². The molecule has 0 saturated heterocycles. The number of pyridine rings is 1. The number of aryl methyl sites for hydroxylation is 1. The summed E-state index contributed by atoms with van der Waals surface area (Å²) in [5.74, 6) is 1.73. The lowest BCUT2D eigenvalue weighted by atomic mass is 9.77. The molecule has 0 bridgehead atoms. The van der Waals surface area contributed by atoms with Gasteiger partial charge >= 0.3 is 6.09 Å². The third-order valence-corrected chi connectivity index (χ3v) is 4.73. The molecule has 1 aliphatic carbocycles. The maximum atomic E-state index is 12.9. The average Bonchev–Trinajstić information content (AvgIpc) is 2.42. The number of anilines is 1. The van der Waals surface area contributed by atoms with Crippen molar-refractivity contribution in [2.75, 3.05) is 4.90 Å². The van der Waals surface area contributed by atoms with Gasteiger partial charge in [-0.15, -0.1) is 0 Å². The molecule has 1 amide bonds. The van der Waals surface area contributed by atoms with Gasteiger partial charge in [-0.05, 0) is 63.6 Å². The number of hydrogen-bond acceptors (Lipinski definition) is 3. The number of amides is 1. The SMILES string of the molecule is Cc1ccnc(N(C(=O)OC(C)(C)C)[C@@H]2CCC[C@H](C)[C@H]2C)c1. The molecule has 128 valence electrons. The van der Waals surface area contributed by atoms with Crippen LogP contribution in [0.15, 0.2) is 18.3 Å². The van der Waals surface area contributed by atoms with Gasteiger partial charge in [0.2, 0.25) is 0 Å². The van der Waals surface area contributed by atoms with Crippen molar-refractivity contribution in [3.8, 4) is 0 Å². The van der Waals surface area contributed by atoms with Crippen molar-refractivity contribution in [1.82, 2.24) is 4.98 Å². The Bertz CT molecular complexity index is 551. The molecule has 1 aromatic heterocycles. The molecule has 4 heteroatoms.